The van der Waals surface area contributed by atoms with Crippen LogP contribution in [0.4, 0.5) is 0 Å². The van der Waals surface area contributed by atoms with Gasteiger partial charge in [0.2, 0.25) is 11.8 Å². The molecule has 0 atom stereocenters. The van der Waals surface area contributed by atoms with Gasteiger partial charge in [-0.25, -0.2) is 9.48 Å². The number of fused-ring (bicyclic) bond motifs is 1. The van der Waals surface area contributed by atoms with Gasteiger partial charge in [-0.1, -0.05) is 32.3 Å². The minimum absolute atomic E-state index is 0.0951. The number of amides is 2. The van der Waals surface area contributed by atoms with Gasteiger partial charge in [0.15, 0.2) is 5.65 Å². The van der Waals surface area contributed by atoms with Crippen LogP contribution in [-0.2, 0) is 16.1 Å². The highest BCUT2D eigenvalue weighted by Crippen LogP contribution is 2.28. The van der Waals surface area contributed by atoms with Gasteiger partial charge in [-0.3, -0.25) is 14.0 Å². The lowest BCUT2D eigenvalue weighted by atomic mass is 9.80. The number of aromatic nitrogens is 3. The zero-order valence-electron chi connectivity index (χ0n) is 15.7. The molecule has 1 aliphatic carbocycles. The van der Waals surface area contributed by atoms with Crippen LogP contribution >= 0.6 is 0 Å². The summed E-state index contributed by atoms with van der Waals surface area (Å²) in [5, 5.41) is 10.1. The van der Waals surface area contributed by atoms with Crippen LogP contribution < -0.4 is 16.3 Å². The first-order valence-electron chi connectivity index (χ1n) is 9.69. The Morgan fingerprint density at radius 1 is 1.22 bits per heavy atom. The molecule has 0 spiro atoms. The van der Waals surface area contributed by atoms with E-state index in [0.717, 1.165) is 25.7 Å². The van der Waals surface area contributed by atoms with Crippen LogP contribution in [0.2, 0.25) is 0 Å². The summed E-state index contributed by atoms with van der Waals surface area (Å²) in [7, 11) is 0. The molecular formula is C19H27N5O3. The quantitative estimate of drug-likeness (QED) is 0.763. The standard InChI is InChI=1S/C19H27N5O3/c1-2-12-20-17(26)19(10-5-3-6-11-19)21-16(25)9-14-24-18(27)23-13-7-4-8-15(23)22-24/h4,7-8,13H,2-3,5-6,9-12,14H2,1H3,(H,20,26)(H,21,25). The molecule has 2 N–H and O–H groups in total. The molecule has 2 heterocycles. The second kappa shape index (κ2) is 8.37. The lowest BCUT2D eigenvalue weighted by molar-refractivity contribution is -0.135. The number of hydrogen-bond acceptors (Lipinski definition) is 4. The third kappa shape index (κ3) is 4.20. The predicted molar refractivity (Wildman–Crippen MR) is 101 cm³/mol. The van der Waals surface area contributed by atoms with Gasteiger partial charge in [-0.2, -0.15) is 0 Å². The number of rotatable bonds is 7. The molecule has 146 valence electrons. The van der Waals surface area contributed by atoms with E-state index < -0.39 is 5.54 Å². The van der Waals surface area contributed by atoms with Gasteiger partial charge in [-0.15, -0.1) is 5.10 Å². The number of aryl methyl sites for hydroxylation is 1. The molecule has 27 heavy (non-hydrogen) atoms. The molecule has 0 radical (unpaired) electrons. The van der Waals surface area contributed by atoms with Crippen molar-refractivity contribution in [1.29, 1.82) is 0 Å². The highest BCUT2D eigenvalue weighted by atomic mass is 16.2. The molecule has 0 aliphatic heterocycles. The van der Waals surface area contributed by atoms with Crippen LogP contribution in [0, 0.1) is 0 Å². The molecule has 8 nitrogen and oxygen atoms in total. The van der Waals surface area contributed by atoms with Gasteiger partial charge in [0.1, 0.15) is 5.54 Å². The van der Waals surface area contributed by atoms with Gasteiger partial charge in [0.25, 0.3) is 0 Å². The summed E-state index contributed by atoms with van der Waals surface area (Å²) in [5.74, 6) is -0.324. The van der Waals surface area contributed by atoms with Gasteiger partial charge in [-0.05, 0) is 31.4 Å². The van der Waals surface area contributed by atoms with Gasteiger partial charge in [0, 0.05) is 19.2 Å². The monoisotopic (exact) mass is 373 g/mol. The molecule has 2 aromatic rings. The number of nitrogens with zero attached hydrogens (tertiary/aromatic N) is 3. The Kier molecular flexibility index (Phi) is 5.93. The van der Waals surface area contributed by atoms with Crippen molar-refractivity contribution in [3.05, 3.63) is 34.9 Å². The maximum absolute atomic E-state index is 12.7. The second-order valence-electron chi connectivity index (χ2n) is 7.13. The van der Waals surface area contributed by atoms with Crippen molar-refractivity contribution in [2.45, 2.75) is 64.0 Å². The van der Waals surface area contributed by atoms with Crippen LogP contribution in [0.5, 0.6) is 0 Å². The maximum Gasteiger partial charge on any atom is 0.350 e. The zero-order valence-corrected chi connectivity index (χ0v) is 15.7. The molecule has 0 bridgehead atoms. The van der Waals surface area contributed by atoms with E-state index in [4.69, 9.17) is 0 Å². The van der Waals surface area contributed by atoms with E-state index in [1.54, 1.807) is 24.4 Å². The lowest BCUT2D eigenvalue weighted by Gasteiger charge is -2.36. The second-order valence-corrected chi connectivity index (χ2v) is 7.13. The molecule has 1 saturated carbocycles. The van der Waals surface area contributed by atoms with Crippen molar-refractivity contribution in [2.75, 3.05) is 6.54 Å². The first-order chi connectivity index (χ1) is 13.1. The SMILES string of the molecule is CCCNC(=O)C1(NC(=O)CCn2nc3ccccn3c2=O)CCCCC1. The van der Waals surface area contributed by atoms with Crippen LogP contribution in [0.1, 0.15) is 51.9 Å². The fourth-order valence-electron chi connectivity index (χ4n) is 3.62. The van der Waals surface area contributed by atoms with Gasteiger partial charge in [0.05, 0.1) is 6.54 Å². The Morgan fingerprint density at radius 2 is 2.00 bits per heavy atom. The molecule has 1 aliphatic rings. The first kappa shape index (κ1) is 19.1. The van der Waals surface area contributed by atoms with Crippen LogP contribution in [0.15, 0.2) is 29.2 Å². The van der Waals surface area contributed by atoms with Crippen LogP contribution in [0.25, 0.3) is 5.65 Å². The summed E-state index contributed by atoms with van der Waals surface area (Å²) >= 11 is 0. The molecular weight excluding hydrogens is 346 g/mol. The molecule has 1 fully saturated rings. The highest BCUT2D eigenvalue weighted by molar-refractivity contribution is 5.91. The third-order valence-electron chi connectivity index (χ3n) is 5.10. The Morgan fingerprint density at radius 3 is 2.70 bits per heavy atom. The Balaban J connectivity index is 1.66. The average Bonchev–Trinajstić information content (AvgIpc) is 3.01. The summed E-state index contributed by atoms with van der Waals surface area (Å²) < 4.78 is 2.73. The molecule has 3 rings (SSSR count). The number of carbonyl (C=O) groups is 2. The third-order valence-corrected chi connectivity index (χ3v) is 5.10. The van der Waals surface area contributed by atoms with Crippen molar-refractivity contribution in [1.82, 2.24) is 24.8 Å². The molecule has 2 amide bonds. The smallest absolute Gasteiger partial charge is 0.350 e. The van der Waals surface area contributed by atoms with Crippen molar-refractivity contribution in [3.8, 4) is 0 Å². The molecule has 8 heteroatoms. The summed E-state index contributed by atoms with van der Waals surface area (Å²) in [6.45, 7) is 2.78. The topological polar surface area (TPSA) is 97.5 Å². The van der Waals surface area contributed by atoms with E-state index in [2.05, 4.69) is 15.7 Å². The molecule has 2 aromatic heterocycles. The molecule has 0 unspecified atom stereocenters. The van der Waals surface area contributed by atoms with Gasteiger partial charge >= 0.3 is 5.69 Å². The number of carbonyl (C=O) groups excluding carboxylic acids is 2. The molecule has 0 saturated heterocycles. The normalized spacial score (nSPS) is 16.2. The lowest BCUT2D eigenvalue weighted by Crippen LogP contribution is -2.59. The Labute approximate surface area is 157 Å². The Bertz CT molecular complexity index is 864. The van der Waals surface area contributed by atoms with E-state index in [1.807, 2.05) is 6.92 Å². The van der Waals surface area contributed by atoms with Crippen molar-refractivity contribution in [2.24, 2.45) is 0 Å². The summed E-state index contributed by atoms with van der Waals surface area (Å²) in [4.78, 5) is 37.5. The van der Waals surface area contributed by atoms with E-state index in [9.17, 15) is 14.4 Å². The van der Waals surface area contributed by atoms with Crippen LogP contribution in [-0.4, -0.2) is 38.1 Å². The van der Waals surface area contributed by atoms with E-state index in [1.165, 1.54) is 9.08 Å². The first-order valence-corrected chi connectivity index (χ1v) is 9.69. The van der Waals surface area contributed by atoms with Gasteiger partial charge < -0.3 is 10.6 Å². The average molecular weight is 373 g/mol. The van der Waals surface area contributed by atoms with Crippen molar-refractivity contribution in [3.63, 3.8) is 0 Å². The van der Waals surface area contributed by atoms with E-state index in [0.29, 0.717) is 25.0 Å². The minimum atomic E-state index is -0.825. The van der Waals surface area contributed by atoms with Crippen molar-refractivity contribution >= 4 is 17.5 Å². The highest BCUT2D eigenvalue weighted by Gasteiger charge is 2.40. The summed E-state index contributed by atoms with van der Waals surface area (Å²) in [6.07, 6.45) is 6.84. The van der Waals surface area contributed by atoms with Crippen LogP contribution in [0.3, 0.4) is 0 Å². The summed E-state index contributed by atoms with van der Waals surface area (Å²) in [5.41, 5.74) is -0.550. The van der Waals surface area contributed by atoms with E-state index in [-0.39, 0.29) is 30.5 Å². The fraction of sp³-hybridized carbons (Fsp3) is 0.579. The molecule has 0 aromatic carbocycles. The number of nitrogens with one attached hydrogen (secondary N) is 2. The largest absolute Gasteiger partial charge is 0.354 e. The number of hydrogen-bond donors (Lipinski definition) is 2. The van der Waals surface area contributed by atoms with Crippen molar-refractivity contribution < 1.29 is 9.59 Å². The summed E-state index contributed by atoms with van der Waals surface area (Å²) in [6, 6.07) is 5.31. The number of pyridine rings is 1. The maximum atomic E-state index is 12.7. The van der Waals surface area contributed by atoms with E-state index >= 15 is 0 Å². The fourth-order valence-corrected chi connectivity index (χ4v) is 3.62. The Hall–Kier alpha value is -2.64. The predicted octanol–water partition coefficient (Wildman–Crippen LogP) is 1.23. The minimum Gasteiger partial charge on any atom is -0.354 e. The zero-order chi connectivity index (χ0) is 19.3.